The number of benzene rings is 3. The predicted molar refractivity (Wildman–Crippen MR) is 121 cm³/mol. The summed E-state index contributed by atoms with van der Waals surface area (Å²) < 4.78 is 2.31. The van der Waals surface area contributed by atoms with Crippen LogP contribution in [0.5, 0.6) is 0 Å². The molecule has 1 heterocycles. The Morgan fingerprint density at radius 1 is 0.800 bits per heavy atom. The summed E-state index contributed by atoms with van der Waals surface area (Å²) >= 11 is 0. The van der Waals surface area contributed by atoms with Crippen LogP contribution in [0.15, 0.2) is 104 Å². The Labute approximate surface area is 178 Å². The monoisotopic (exact) mass is 393 g/mol. The predicted octanol–water partition coefficient (Wildman–Crippen LogP) is 5.18. The summed E-state index contributed by atoms with van der Waals surface area (Å²) in [7, 11) is 0. The molecule has 1 aliphatic carbocycles. The van der Waals surface area contributed by atoms with Gasteiger partial charge < -0.3 is 10.3 Å². The number of nitrogens with zero attached hydrogens (tertiary/aromatic N) is 2. The molecule has 1 aliphatic rings. The van der Waals surface area contributed by atoms with E-state index in [4.69, 9.17) is 10.7 Å². The molecule has 1 fully saturated rings. The number of hydrogen-bond donors (Lipinski definition) is 1. The van der Waals surface area contributed by atoms with E-state index in [0.717, 1.165) is 13.0 Å². The number of nitrogens with two attached hydrogens (primary N) is 1. The summed E-state index contributed by atoms with van der Waals surface area (Å²) in [5.41, 5.74) is 10.2. The maximum Gasteiger partial charge on any atom is 0.121 e. The summed E-state index contributed by atoms with van der Waals surface area (Å²) in [5, 5.41) is 0. The normalized spacial score (nSPS) is 18.3. The van der Waals surface area contributed by atoms with E-state index < -0.39 is 5.54 Å². The van der Waals surface area contributed by atoms with E-state index in [0.29, 0.717) is 11.8 Å². The third-order valence-corrected chi connectivity index (χ3v) is 6.40. The van der Waals surface area contributed by atoms with Crippen molar-refractivity contribution in [1.29, 1.82) is 0 Å². The van der Waals surface area contributed by atoms with E-state index in [-0.39, 0.29) is 0 Å². The molecule has 5 rings (SSSR count). The lowest BCUT2D eigenvalue weighted by atomic mass is 9.77. The Morgan fingerprint density at radius 3 is 1.77 bits per heavy atom. The van der Waals surface area contributed by atoms with Crippen LogP contribution >= 0.6 is 0 Å². The third kappa shape index (κ3) is 3.16. The molecule has 0 aliphatic heterocycles. The molecule has 3 aromatic carbocycles. The topological polar surface area (TPSA) is 43.8 Å². The van der Waals surface area contributed by atoms with E-state index in [1.807, 2.05) is 6.33 Å². The highest BCUT2D eigenvalue weighted by molar-refractivity contribution is 5.50. The maximum atomic E-state index is 5.79. The molecule has 0 spiro atoms. The standard InChI is InChI=1S/C27H27N3/c28-17-16-21-18-25(21)26-19-30(20-29-26)27(22-10-4-1-5-11-22,23-12-6-2-7-13-23)24-14-8-3-9-15-24/h1-15,19-21,25H,16-18,28H2/t21-,25+/m1/s1. The molecule has 0 saturated heterocycles. The van der Waals surface area contributed by atoms with Gasteiger partial charge in [-0.1, -0.05) is 91.0 Å². The molecule has 2 N–H and O–H groups in total. The molecule has 1 saturated carbocycles. The van der Waals surface area contributed by atoms with Crippen molar-refractivity contribution < 1.29 is 0 Å². The van der Waals surface area contributed by atoms with Crippen molar-refractivity contribution in [1.82, 2.24) is 9.55 Å². The van der Waals surface area contributed by atoms with Crippen molar-refractivity contribution in [2.24, 2.45) is 11.7 Å². The van der Waals surface area contributed by atoms with Crippen LogP contribution in [-0.2, 0) is 5.54 Å². The van der Waals surface area contributed by atoms with E-state index in [1.165, 1.54) is 28.8 Å². The first-order valence-electron chi connectivity index (χ1n) is 10.7. The summed E-state index contributed by atoms with van der Waals surface area (Å²) in [5.74, 6) is 1.22. The van der Waals surface area contributed by atoms with Crippen LogP contribution in [0.2, 0.25) is 0 Å². The quantitative estimate of drug-likeness (QED) is 0.440. The molecule has 4 aromatic rings. The Morgan fingerprint density at radius 2 is 1.30 bits per heavy atom. The fourth-order valence-corrected chi connectivity index (χ4v) is 4.84. The van der Waals surface area contributed by atoms with Gasteiger partial charge in [0, 0.05) is 12.1 Å². The van der Waals surface area contributed by atoms with Crippen LogP contribution in [0.1, 0.15) is 41.1 Å². The molecule has 2 atom stereocenters. The van der Waals surface area contributed by atoms with Crippen LogP contribution in [0.25, 0.3) is 0 Å². The minimum atomic E-state index is -0.479. The summed E-state index contributed by atoms with van der Waals surface area (Å²) in [4.78, 5) is 4.88. The van der Waals surface area contributed by atoms with Gasteiger partial charge in [0.05, 0.1) is 12.0 Å². The Bertz CT molecular complexity index is 990. The van der Waals surface area contributed by atoms with Crippen molar-refractivity contribution in [3.8, 4) is 0 Å². The molecular formula is C27H27N3. The number of imidazole rings is 1. The second-order valence-electron chi connectivity index (χ2n) is 8.19. The molecule has 3 nitrogen and oxygen atoms in total. The van der Waals surface area contributed by atoms with E-state index in [9.17, 15) is 0 Å². The van der Waals surface area contributed by atoms with Gasteiger partial charge in [0.25, 0.3) is 0 Å². The summed E-state index contributed by atoms with van der Waals surface area (Å²) in [6.45, 7) is 0.754. The van der Waals surface area contributed by atoms with Crippen molar-refractivity contribution in [2.75, 3.05) is 6.54 Å². The Kier molecular flexibility index (Phi) is 4.97. The minimum absolute atomic E-state index is 0.479. The van der Waals surface area contributed by atoms with Gasteiger partial charge in [-0.25, -0.2) is 4.98 Å². The molecule has 150 valence electrons. The molecule has 3 heteroatoms. The van der Waals surface area contributed by atoms with Crippen molar-refractivity contribution in [2.45, 2.75) is 24.3 Å². The second-order valence-corrected chi connectivity index (χ2v) is 8.19. The van der Waals surface area contributed by atoms with Gasteiger partial charge in [-0.2, -0.15) is 0 Å². The van der Waals surface area contributed by atoms with E-state index in [1.54, 1.807) is 0 Å². The van der Waals surface area contributed by atoms with E-state index in [2.05, 4.69) is 102 Å². The van der Waals surface area contributed by atoms with Crippen LogP contribution in [-0.4, -0.2) is 16.1 Å². The first kappa shape index (κ1) is 18.8. The highest BCUT2D eigenvalue weighted by Crippen LogP contribution is 2.49. The Balaban J connectivity index is 1.72. The number of rotatable bonds is 7. The summed E-state index contributed by atoms with van der Waals surface area (Å²) in [6.07, 6.45) is 6.55. The lowest BCUT2D eigenvalue weighted by Gasteiger charge is -2.37. The van der Waals surface area contributed by atoms with Crippen LogP contribution in [0.3, 0.4) is 0 Å². The van der Waals surface area contributed by atoms with Gasteiger partial charge in [-0.3, -0.25) is 0 Å². The van der Waals surface area contributed by atoms with Gasteiger partial charge in [-0.05, 0) is 42.0 Å². The lowest BCUT2D eigenvalue weighted by Crippen LogP contribution is -2.36. The first-order valence-corrected chi connectivity index (χ1v) is 10.7. The minimum Gasteiger partial charge on any atom is -0.330 e. The molecular weight excluding hydrogens is 366 g/mol. The average Bonchev–Trinajstić information content (AvgIpc) is 3.41. The van der Waals surface area contributed by atoms with E-state index >= 15 is 0 Å². The maximum absolute atomic E-state index is 5.79. The highest BCUT2D eigenvalue weighted by atomic mass is 15.1. The third-order valence-electron chi connectivity index (χ3n) is 6.40. The first-order chi connectivity index (χ1) is 14.8. The molecule has 30 heavy (non-hydrogen) atoms. The van der Waals surface area contributed by atoms with Crippen molar-refractivity contribution in [3.63, 3.8) is 0 Å². The lowest BCUT2D eigenvalue weighted by molar-refractivity contribution is 0.514. The highest BCUT2D eigenvalue weighted by Gasteiger charge is 2.42. The average molecular weight is 394 g/mol. The zero-order valence-corrected chi connectivity index (χ0v) is 17.1. The molecule has 0 radical (unpaired) electrons. The van der Waals surface area contributed by atoms with Crippen molar-refractivity contribution in [3.05, 3.63) is 126 Å². The second kappa shape index (κ2) is 7.92. The van der Waals surface area contributed by atoms with Crippen LogP contribution in [0, 0.1) is 5.92 Å². The SMILES string of the molecule is NCC[C@@H]1C[C@@H]1c1cn(C(c2ccccc2)(c2ccccc2)c2ccccc2)cn1. The molecule has 0 unspecified atom stereocenters. The van der Waals surface area contributed by atoms with Gasteiger partial charge in [0.15, 0.2) is 0 Å². The van der Waals surface area contributed by atoms with Gasteiger partial charge in [0.1, 0.15) is 5.54 Å². The van der Waals surface area contributed by atoms with Gasteiger partial charge >= 0.3 is 0 Å². The molecule has 0 amide bonds. The largest absolute Gasteiger partial charge is 0.330 e. The fraction of sp³-hybridized carbons (Fsp3) is 0.222. The van der Waals surface area contributed by atoms with Crippen molar-refractivity contribution >= 4 is 0 Å². The van der Waals surface area contributed by atoms with Gasteiger partial charge in [-0.15, -0.1) is 0 Å². The molecule has 1 aromatic heterocycles. The number of aromatic nitrogens is 2. The smallest absolute Gasteiger partial charge is 0.121 e. The zero-order valence-electron chi connectivity index (χ0n) is 17.1. The van der Waals surface area contributed by atoms with Gasteiger partial charge in [0.2, 0.25) is 0 Å². The molecule has 0 bridgehead atoms. The fourth-order valence-electron chi connectivity index (χ4n) is 4.84. The van der Waals surface area contributed by atoms with Crippen LogP contribution < -0.4 is 5.73 Å². The Hall–Kier alpha value is -3.17. The number of hydrogen-bond acceptors (Lipinski definition) is 2. The summed E-state index contributed by atoms with van der Waals surface area (Å²) in [6, 6.07) is 32.2. The van der Waals surface area contributed by atoms with Crippen LogP contribution in [0.4, 0.5) is 0 Å². The zero-order chi connectivity index (χ0) is 20.4.